The van der Waals surface area contributed by atoms with Crippen LogP contribution < -0.4 is 5.32 Å². The molecular formula is C15H25NO2. The van der Waals surface area contributed by atoms with Gasteiger partial charge in [0, 0.05) is 18.4 Å². The first kappa shape index (κ1) is 11.7. The number of nitrogens with one attached hydrogen (secondary N) is 1. The third-order valence-electron chi connectivity index (χ3n) is 5.99. The molecule has 0 aromatic heterocycles. The number of hydrogen-bond acceptors (Lipinski definition) is 3. The summed E-state index contributed by atoms with van der Waals surface area (Å²) in [6.45, 7) is 6.21. The molecule has 0 bridgehead atoms. The van der Waals surface area contributed by atoms with Gasteiger partial charge in [0.25, 0.3) is 0 Å². The fraction of sp³-hybridized carbons (Fsp3) is 1.00. The molecule has 3 heteroatoms. The Bertz CT molecular complexity index is 371. The summed E-state index contributed by atoms with van der Waals surface area (Å²) < 4.78 is 12.6. The molecule has 2 saturated heterocycles. The Morgan fingerprint density at radius 2 is 1.72 bits per heavy atom. The third-order valence-corrected chi connectivity index (χ3v) is 5.99. The van der Waals surface area contributed by atoms with Crippen LogP contribution in [0.1, 0.15) is 58.8 Å². The number of ether oxygens (including phenoxy) is 2. The minimum atomic E-state index is -0.190. The van der Waals surface area contributed by atoms with E-state index >= 15 is 0 Å². The number of fused-ring (bicyclic) bond motifs is 1. The Kier molecular flexibility index (Phi) is 2.15. The van der Waals surface area contributed by atoms with Crippen LogP contribution in [0.25, 0.3) is 0 Å². The average molecular weight is 251 g/mol. The lowest BCUT2D eigenvalue weighted by molar-refractivity contribution is -0.304. The van der Waals surface area contributed by atoms with Gasteiger partial charge in [0.1, 0.15) is 5.72 Å². The highest BCUT2D eigenvalue weighted by Gasteiger charge is 2.65. The van der Waals surface area contributed by atoms with Gasteiger partial charge in [-0.1, -0.05) is 6.42 Å². The Morgan fingerprint density at radius 3 is 2.17 bits per heavy atom. The average Bonchev–Trinajstić information content (AvgIpc) is 2.50. The van der Waals surface area contributed by atoms with Crippen molar-refractivity contribution in [2.75, 3.05) is 13.2 Å². The fourth-order valence-corrected chi connectivity index (χ4v) is 4.66. The van der Waals surface area contributed by atoms with E-state index < -0.39 is 0 Å². The molecule has 102 valence electrons. The van der Waals surface area contributed by atoms with Crippen molar-refractivity contribution in [1.82, 2.24) is 5.32 Å². The van der Waals surface area contributed by atoms with Gasteiger partial charge in [-0.2, -0.15) is 0 Å². The van der Waals surface area contributed by atoms with Crippen LogP contribution in [0.5, 0.6) is 0 Å². The van der Waals surface area contributed by atoms with E-state index in [0.717, 1.165) is 19.6 Å². The van der Waals surface area contributed by atoms with Crippen LogP contribution in [0, 0.1) is 5.41 Å². The lowest BCUT2D eigenvalue weighted by Gasteiger charge is -2.66. The second-order valence-electron chi connectivity index (χ2n) is 7.66. The highest BCUT2D eigenvalue weighted by atomic mass is 16.6. The molecule has 0 aromatic rings. The summed E-state index contributed by atoms with van der Waals surface area (Å²) in [5, 5.41) is 3.72. The van der Waals surface area contributed by atoms with Crippen molar-refractivity contribution in [2.45, 2.75) is 75.7 Å². The molecule has 4 rings (SSSR count). The van der Waals surface area contributed by atoms with Crippen LogP contribution >= 0.6 is 0 Å². The van der Waals surface area contributed by atoms with Crippen molar-refractivity contribution < 1.29 is 9.47 Å². The topological polar surface area (TPSA) is 30.5 Å². The first-order valence-corrected chi connectivity index (χ1v) is 7.58. The Hall–Kier alpha value is -0.120. The maximum Gasteiger partial charge on any atom is 0.146 e. The summed E-state index contributed by atoms with van der Waals surface area (Å²) in [7, 11) is 0. The summed E-state index contributed by atoms with van der Waals surface area (Å²) in [5.41, 5.74) is 0.427. The zero-order valence-electron chi connectivity index (χ0n) is 11.7. The molecule has 1 N–H and O–H groups in total. The predicted octanol–water partition coefficient (Wildman–Crippen LogP) is 2.59. The molecule has 18 heavy (non-hydrogen) atoms. The summed E-state index contributed by atoms with van der Waals surface area (Å²) in [4.78, 5) is 0. The van der Waals surface area contributed by atoms with Crippen molar-refractivity contribution >= 4 is 0 Å². The largest absolute Gasteiger partial charge is 0.371 e. The van der Waals surface area contributed by atoms with Crippen molar-refractivity contribution in [3.05, 3.63) is 0 Å². The van der Waals surface area contributed by atoms with E-state index in [9.17, 15) is 0 Å². The first-order valence-electron chi connectivity index (χ1n) is 7.58. The van der Waals surface area contributed by atoms with E-state index in [1.54, 1.807) is 0 Å². The van der Waals surface area contributed by atoms with Crippen LogP contribution in [-0.4, -0.2) is 30.1 Å². The Balaban J connectivity index is 1.61. The molecule has 2 heterocycles. The molecule has 2 aliphatic heterocycles. The first-order chi connectivity index (χ1) is 8.49. The SMILES string of the molecule is CC1(C)CC2(CO1)NCC1(CCC1)C1(CCC1)O2. The molecule has 3 nitrogen and oxygen atoms in total. The van der Waals surface area contributed by atoms with Gasteiger partial charge < -0.3 is 9.47 Å². The van der Waals surface area contributed by atoms with E-state index in [1.807, 2.05) is 0 Å². The second kappa shape index (κ2) is 3.31. The third kappa shape index (κ3) is 1.36. The highest BCUT2D eigenvalue weighted by molar-refractivity contribution is 5.15. The van der Waals surface area contributed by atoms with Gasteiger partial charge in [-0.15, -0.1) is 0 Å². The second-order valence-corrected chi connectivity index (χ2v) is 7.66. The van der Waals surface area contributed by atoms with Crippen LogP contribution in [0.3, 0.4) is 0 Å². The molecule has 0 aromatic carbocycles. The van der Waals surface area contributed by atoms with Gasteiger partial charge in [0.15, 0.2) is 0 Å². The predicted molar refractivity (Wildman–Crippen MR) is 69.3 cm³/mol. The monoisotopic (exact) mass is 251 g/mol. The molecule has 4 aliphatic rings. The molecule has 1 atom stereocenters. The van der Waals surface area contributed by atoms with Crippen molar-refractivity contribution in [1.29, 1.82) is 0 Å². The van der Waals surface area contributed by atoms with Crippen LogP contribution in [0.4, 0.5) is 0 Å². The molecule has 4 fully saturated rings. The molecule has 2 aliphatic carbocycles. The van der Waals surface area contributed by atoms with Crippen molar-refractivity contribution in [3.63, 3.8) is 0 Å². The van der Waals surface area contributed by atoms with Crippen molar-refractivity contribution in [2.24, 2.45) is 5.41 Å². The van der Waals surface area contributed by atoms with Crippen LogP contribution in [0.2, 0.25) is 0 Å². The van der Waals surface area contributed by atoms with E-state index in [-0.39, 0.29) is 16.9 Å². The summed E-state index contributed by atoms with van der Waals surface area (Å²) in [6.07, 6.45) is 9.00. The number of hydrogen-bond donors (Lipinski definition) is 1. The highest BCUT2D eigenvalue weighted by Crippen LogP contribution is 2.62. The Morgan fingerprint density at radius 1 is 1.00 bits per heavy atom. The van der Waals surface area contributed by atoms with Gasteiger partial charge in [-0.3, -0.25) is 5.32 Å². The van der Waals surface area contributed by atoms with Gasteiger partial charge >= 0.3 is 0 Å². The van der Waals surface area contributed by atoms with Crippen molar-refractivity contribution in [3.8, 4) is 0 Å². The van der Waals surface area contributed by atoms with Gasteiger partial charge in [0.2, 0.25) is 0 Å². The fourth-order valence-electron chi connectivity index (χ4n) is 4.66. The molecule has 0 radical (unpaired) electrons. The summed E-state index contributed by atoms with van der Waals surface area (Å²) in [5.74, 6) is 0. The smallest absolute Gasteiger partial charge is 0.146 e. The maximum absolute atomic E-state index is 6.72. The normalized spacial score (nSPS) is 43.0. The molecule has 0 amide bonds. The minimum Gasteiger partial charge on any atom is -0.371 e. The van der Waals surface area contributed by atoms with Crippen LogP contribution in [0.15, 0.2) is 0 Å². The lowest BCUT2D eigenvalue weighted by atomic mass is 9.51. The van der Waals surface area contributed by atoms with E-state index in [4.69, 9.17) is 9.47 Å². The quantitative estimate of drug-likeness (QED) is 0.718. The van der Waals surface area contributed by atoms with Gasteiger partial charge in [-0.05, 0) is 46.0 Å². The lowest BCUT2D eigenvalue weighted by Crippen LogP contribution is -2.73. The Labute approximate surface area is 110 Å². The van der Waals surface area contributed by atoms with Crippen LogP contribution in [-0.2, 0) is 9.47 Å². The zero-order valence-corrected chi connectivity index (χ0v) is 11.7. The maximum atomic E-state index is 6.72. The minimum absolute atomic E-state index is 0.0396. The molecule has 2 saturated carbocycles. The summed E-state index contributed by atoms with van der Waals surface area (Å²) >= 11 is 0. The zero-order chi connectivity index (χ0) is 12.5. The van der Waals surface area contributed by atoms with E-state index in [1.165, 1.54) is 38.5 Å². The van der Waals surface area contributed by atoms with E-state index in [0.29, 0.717) is 5.41 Å². The summed E-state index contributed by atoms with van der Waals surface area (Å²) in [6, 6.07) is 0. The molecule has 3 spiro atoms. The van der Waals surface area contributed by atoms with Gasteiger partial charge in [0.05, 0.1) is 17.8 Å². The standard InChI is InChI=1S/C15H25NO2/c1-12(2)9-15(11-17-12)16-10-13(5-3-6-13)14(18-15)7-4-8-14/h16H,3-11H2,1-2H3. The number of rotatable bonds is 0. The van der Waals surface area contributed by atoms with Gasteiger partial charge in [-0.25, -0.2) is 0 Å². The van der Waals surface area contributed by atoms with E-state index in [2.05, 4.69) is 19.2 Å². The molecule has 1 unspecified atom stereocenters. The molecular weight excluding hydrogens is 226 g/mol.